The highest BCUT2D eigenvalue weighted by Gasteiger charge is 2.21. The number of hydrogen-bond acceptors (Lipinski definition) is 5. The number of aromatic nitrogens is 3. The Morgan fingerprint density at radius 2 is 2.04 bits per heavy atom. The van der Waals surface area contributed by atoms with Crippen molar-refractivity contribution in [3.8, 4) is 0 Å². The number of amides is 1. The number of H-pyrrole nitrogens is 1. The van der Waals surface area contributed by atoms with Gasteiger partial charge in [0.25, 0.3) is 5.56 Å². The van der Waals surface area contributed by atoms with Crippen LogP contribution in [0.25, 0.3) is 10.8 Å². The summed E-state index contributed by atoms with van der Waals surface area (Å²) >= 11 is 1.70. The molecule has 7 heteroatoms. The topological polar surface area (TPSA) is 87.7 Å². The van der Waals surface area contributed by atoms with Gasteiger partial charge in [0.1, 0.15) is 5.01 Å². The van der Waals surface area contributed by atoms with Crippen LogP contribution in [0.1, 0.15) is 47.0 Å². The summed E-state index contributed by atoms with van der Waals surface area (Å²) in [5.41, 5.74) is 1.54. The van der Waals surface area contributed by atoms with Gasteiger partial charge in [0.05, 0.1) is 29.2 Å². The predicted molar refractivity (Wildman–Crippen MR) is 101 cm³/mol. The Morgan fingerprint density at radius 3 is 2.85 bits per heavy atom. The molecule has 0 saturated carbocycles. The predicted octanol–water partition coefficient (Wildman–Crippen LogP) is 2.68. The van der Waals surface area contributed by atoms with Gasteiger partial charge in [-0.3, -0.25) is 9.59 Å². The molecular weight excluding hydrogens is 348 g/mol. The monoisotopic (exact) mass is 368 g/mol. The van der Waals surface area contributed by atoms with Gasteiger partial charge in [-0.05, 0) is 38.7 Å². The zero-order valence-electron chi connectivity index (χ0n) is 14.5. The molecule has 2 heterocycles. The lowest BCUT2D eigenvalue weighted by atomic mass is 10.0. The summed E-state index contributed by atoms with van der Waals surface area (Å²) in [6, 6.07) is 7.21. The molecule has 1 atom stereocenters. The Labute approximate surface area is 154 Å². The lowest BCUT2D eigenvalue weighted by Gasteiger charge is -2.12. The molecule has 0 spiro atoms. The van der Waals surface area contributed by atoms with Crippen LogP contribution >= 0.6 is 11.3 Å². The molecule has 0 aliphatic heterocycles. The molecule has 1 unspecified atom stereocenters. The van der Waals surface area contributed by atoms with E-state index in [1.54, 1.807) is 30.4 Å². The maximum atomic E-state index is 12.6. The van der Waals surface area contributed by atoms with Gasteiger partial charge in [-0.15, -0.1) is 11.3 Å². The Balaban J connectivity index is 1.51. The number of nitrogens with zero attached hydrogens (tertiary/aromatic N) is 2. The molecule has 2 aromatic heterocycles. The molecule has 26 heavy (non-hydrogen) atoms. The maximum Gasteiger partial charge on any atom is 0.272 e. The molecule has 2 N–H and O–H groups in total. The van der Waals surface area contributed by atoms with E-state index < -0.39 is 5.92 Å². The largest absolute Gasteiger partial charge is 0.349 e. The van der Waals surface area contributed by atoms with Gasteiger partial charge in [-0.25, -0.2) is 10.1 Å². The number of hydrogen-bond donors (Lipinski definition) is 2. The van der Waals surface area contributed by atoms with E-state index in [1.807, 2.05) is 12.1 Å². The Hall–Kier alpha value is -2.54. The first-order chi connectivity index (χ1) is 12.6. The van der Waals surface area contributed by atoms with E-state index in [0.29, 0.717) is 23.0 Å². The van der Waals surface area contributed by atoms with Crippen molar-refractivity contribution in [2.75, 3.05) is 0 Å². The van der Waals surface area contributed by atoms with Crippen LogP contribution in [0.2, 0.25) is 0 Å². The minimum atomic E-state index is -0.466. The second kappa shape index (κ2) is 6.99. The summed E-state index contributed by atoms with van der Waals surface area (Å²) in [5, 5.41) is 11.8. The van der Waals surface area contributed by atoms with E-state index >= 15 is 0 Å². The third-order valence-electron chi connectivity index (χ3n) is 4.83. The van der Waals surface area contributed by atoms with Crippen molar-refractivity contribution in [3.05, 3.63) is 55.9 Å². The number of aromatic amines is 1. The van der Waals surface area contributed by atoms with E-state index in [-0.39, 0.29) is 11.5 Å². The van der Waals surface area contributed by atoms with E-state index in [2.05, 4.69) is 20.5 Å². The molecule has 0 fully saturated rings. The van der Waals surface area contributed by atoms with Crippen LogP contribution in [-0.4, -0.2) is 21.1 Å². The van der Waals surface area contributed by atoms with Crippen LogP contribution in [0.15, 0.2) is 29.1 Å². The van der Waals surface area contributed by atoms with Crippen molar-refractivity contribution in [2.24, 2.45) is 0 Å². The molecular formula is C19H20N4O2S. The zero-order valence-corrected chi connectivity index (χ0v) is 15.4. The molecule has 3 aromatic rings. The number of rotatable bonds is 4. The average Bonchev–Trinajstić information content (AvgIpc) is 3.09. The standard InChI is InChI=1S/C19H20N4O2S/c1-11(17-12-6-2-3-7-13(12)19(25)23-22-17)18(24)20-10-16-21-14-8-4-5-9-15(14)26-16/h2-3,6-7,11H,4-5,8-10H2,1H3,(H,20,24)(H,23,25). The minimum absolute atomic E-state index is 0.122. The second-order valence-electron chi connectivity index (χ2n) is 6.61. The number of carbonyl (C=O) groups excluding carboxylic acids is 1. The summed E-state index contributed by atoms with van der Waals surface area (Å²) in [5.74, 6) is -0.589. The lowest BCUT2D eigenvalue weighted by Crippen LogP contribution is -2.29. The van der Waals surface area contributed by atoms with E-state index in [0.717, 1.165) is 17.8 Å². The van der Waals surface area contributed by atoms with Gasteiger partial charge in [-0.1, -0.05) is 18.2 Å². The van der Waals surface area contributed by atoms with Crippen molar-refractivity contribution in [2.45, 2.75) is 45.1 Å². The first-order valence-electron chi connectivity index (χ1n) is 8.86. The molecule has 6 nitrogen and oxygen atoms in total. The Morgan fingerprint density at radius 1 is 1.27 bits per heavy atom. The van der Waals surface area contributed by atoms with E-state index in [4.69, 9.17) is 0 Å². The number of aryl methyl sites for hydroxylation is 2. The van der Waals surface area contributed by atoms with Crippen LogP contribution in [0.4, 0.5) is 0 Å². The molecule has 0 saturated heterocycles. The quantitative estimate of drug-likeness (QED) is 0.741. The van der Waals surface area contributed by atoms with Crippen LogP contribution in [0, 0.1) is 0 Å². The first-order valence-corrected chi connectivity index (χ1v) is 9.67. The molecule has 134 valence electrons. The fraction of sp³-hybridized carbons (Fsp3) is 0.368. The zero-order chi connectivity index (χ0) is 18.1. The fourth-order valence-electron chi connectivity index (χ4n) is 3.39. The van der Waals surface area contributed by atoms with Gasteiger partial charge >= 0.3 is 0 Å². The fourth-order valence-corrected chi connectivity index (χ4v) is 4.48. The second-order valence-corrected chi connectivity index (χ2v) is 7.78. The van der Waals surface area contributed by atoms with E-state index in [1.165, 1.54) is 23.4 Å². The van der Waals surface area contributed by atoms with E-state index in [9.17, 15) is 9.59 Å². The van der Waals surface area contributed by atoms with Gasteiger partial charge in [0, 0.05) is 10.3 Å². The van der Waals surface area contributed by atoms with Crippen molar-refractivity contribution in [1.29, 1.82) is 0 Å². The molecule has 0 radical (unpaired) electrons. The Kier molecular flexibility index (Phi) is 4.55. The number of carbonyl (C=O) groups is 1. The number of benzene rings is 1. The van der Waals surface area contributed by atoms with Crippen molar-refractivity contribution in [1.82, 2.24) is 20.5 Å². The van der Waals surface area contributed by atoms with Crippen LogP contribution in [0.3, 0.4) is 0 Å². The highest BCUT2D eigenvalue weighted by atomic mass is 32.1. The Bertz CT molecular complexity index is 1000. The summed E-state index contributed by atoms with van der Waals surface area (Å²) in [6.45, 7) is 2.23. The molecule has 1 amide bonds. The third-order valence-corrected chi connectivity index (χ3v) is 5.99. The SMILES string of the molecule is CC(C(=O)NCc1nc2c(s1)CCCC2)c1n[nH]c(=O)c2ccccc12. The van der Waals surface area contributed by atoms with Crippen molar-refractivity contribution < 1.29 is 4.79 Å². The lowest BCUT2D eigenvalue weighted by molar-refractivity contribution is -0.122. The molecule has 1 aliphatic rings. The first kappa shape index (κ1) is 16.9. The average molecular weight is 368 g/mol. The number of thiazole rings is 1. The molecule has 0 bridgehead atoms. The third kappa shape index (κ3) is 3.14. The van der Waals surface area contributed by atoms with Crippen LogP contribution in [-0.2, 0) is 24.2 Å². The van der Waals surface area contributed by atoms with Crippen LogP contribution in [0.5, 0.6) is 0 Å². The summed E-state index contributed by atoms with van der Waals surface area (Å²) < 4.78 is 0. The van der Waals surface area contributed by atoms with Gasteiger partial charge in [0.2, 0.25) is 5.91 Å². The highest BCUT2D eigenvalue weighted by molar-refractivity contribution is 7.11. The number of fused-ring (bicyclic) bond motifs is 2. The van der Waals surface area contributed by atoms with Crippen molar-refractivity contribution >= 4 is 28.0 Å². The van der Waals surface area contributed by atoms with Crippen molar-refractivity contribution in [3.63, 3.8) is 0 Å². The summed E-state index contributed by atoms with van der Waals surface area (Å²) in [7, 11) is 0. The normalized spacial score (nSPS) is 14.8. The summed E-state index contributed by atoms with van der Waals surface area (Å²) in [4.78, 5) is 30.5. The summed E-state index contributed by atoms with van der Waals surface area (Å²) in [6.07, 6.45) is 4.57. The molecule has 1 aromatic carbocycles. The smallest absolute Gasteiger partial charge is 0.272 e. The van der Waals surface area contributed by atoms with Gasteiger partial charge in [0.15, 0.2) is 0 Å². The molecule has 1 aliphatic carbocycles. The number of nitrogens with one attached hydrogen (secondary N) is 2. The highest BCUT2D eigenvalue weighted by Crippen LogP contribution is 2.27. The maximum absolute atomic E-state index is 12.6. The minimum Gasteiger partial charge on any atom is -0.349 e. The van der Waals surface area contributed by atoms with Crippen LogP contribution < -0.4 is 10.9 Å². The van der Waals surface area contributed by atoms with Gasteiger partial charge < -0.3 is 5.32 Å². The molecule has 4 rings (SSSR count). The van der Waals surface area contributed by atoms with Gasteiger partial charge in [-0.2, -0.15) is 5.10 Å².